The first kappa shape index (κ1) is 16.2. The molecular weight excluding hydrogens is 340 g/mol. The lowest BCUT2D eigenvalue weighted by molar-refractivity contribution is 0.0924. The molecule has 0 aliphatic heterocycles. The molecule has 2 fully saturated rings. The number of hydrogen-bond acceptors (Lipinski definition) is 5. The summed E-state index contributed by atoms with van der Waals surface area (Å²) in [7, 11) is 0. The van der Waals surface area contributed by atoms with Gasteiger partial charge in [-0.2, -0.15) is 5.10 Å². The number of anilines is 1. The molecule has 3 aromatic rings. The molecule has 2 bridgehead atoms. The SMILES string of the molecule is O=C(NC1C[C@@H]2CC[C@H]1C2)c1cnn2ccc(NCc3cccnc3)nc12. The molecule has 0 saturated heterocycles. The highest BCUT2D eigenvalue weighted by Gasteiger charge is 2.40. The highest BCUT2D eigenvalue weighted by atomic mass is 16.1. The van der Waals surface area contributed by atoms with Crippen molar-refractivity contribution in [3.05, 3.63) is 54.1 Å². The molecule has 1 unspecified atom stereocenters. The van der Waals surface area contributed by atoms with E-state index in [-0.39, 0.29) is 5.91 Å². The summed E-state index contributed by atoms with van der Waals surface area (Å²) in [6.45, 7) is 0.623. The van der Waals surface area contributed by atoms with Crippen LogP contribution in [-0.2, 0) is 6.54 Å². The van der Waals surface area contributed by atoms with Crippen molar-refractivity contribution < 1.29 is 4.79 Å². The molecular formula is C20H22N6O. The number of fused-ring (bicyclic) bond motifs is 3. The molecule has 5 rings (SSSR count). The summed E-state index contributed by atoms with van der Waals surface area (Å²) in [6, 6.07) is 6.07. The normalized spacial score (nSPS) is 23.6. The number of pyridine rings is 1. The number of aromatic nitrogens is 4. The Morgan fingerprint density at radius 3 is 2.96 bits per heavy atom. The van der Waals surface area contributed by atoms with E-state index >= 15 is 0 Å². The predicted octanol–water partition coefficient (Wildman–Crippen LogP) is 2.65. The molecule has 7 nitrogen and oxygen atoms in total. The van der Waals surface area contributed by atoms with Gasteiger partial charge in [-0.15, -0.1) is 0 Å². The second kappa shape index (κ2) is 6.64. The standard InChI is InChI=1S/C20H22N6O/c27-20(24-17-9-13-3-4-15(17)8-13)16-12-23-26-7-5-18(25-19(16)26)22-11-14-2-1-6-21-10-14/h1-2,5-7,10,12-13,15,17H,3-4,8-9,11H2,(H,22,25)(H,24,27)/t13-,15+,17?/m1/s1. The van der Waals surface area contributed by atoms with E-state index < -0.39 is 0 Å². The summed E-state index contributed by atoms with van der Waals surface area (Å²) in [4.78, 5) is 21.5. The van der Waals surface area contributed by atoms with E-state index in [1.54, 1.807) is 16.9 Å². The van der Waals surface area contributed by atoms with Crippen molar-refractivity contribution in [2.24, 2.45) is 11.8 Å². The summed E-state index contributed by atoms with van der Waals surface area (Å²) in [5.41, 5.74) is 2.18. The van der Waals surface area contributed by atoms with Gasteiger partial charge in [-0.1, -0.05) is 12.5 Å². The third-order valence-electron chi connectivity index (χ3n) is 5.86. The van der Waals surface area contributed by atoms with Crippen molar-refractivity contribution >= 4 is 17.4 Å². The van der Waals surface area contributed by atoms with Crippen molar-refractivity contribution in [1.29, 1.82) is 0 Å². The lowest BCUT2D eigenvalue weighted by Gasteiger charge is -2.22. The van der Waals surface area contributed by atoms with Crippen LogP contribution in [-0.4, -0.2) is 31.5 Å². The van der Waals surface area contributed by atoms with Crippen molar-refractivity contribution in [1.82, 2.24) is 24.9 Å². The Morgan fingerprint density at radius 2 is 2.19 bits per heavy atom. The van der Waals surface area contributed by atoms with Gasteiger partial charge in [0.15, 0.2) is 5.65 Å². The predicted molar refractivity (Wildman–Crippen MR) is 101 cm³/mol. The van der Waals surface area contributed by atoms with Gasteiger partial charge in [0, 0.05) is 31.2 Å². The van der Waals surface area contributed by atoms with Crippen LogP contribution in [0.15, 0.2) is 43.0 Å². The summed E-state index contributed by atoms with van der Waals surface area (Å²) in [5.74, 6) is 2.08. The zero-order valence-corrected chi connectivity index (χ0v) is 15.0. The molecule has 138 valence electrons. The van der Waals surface area contributed by atoms with Crippen molar-refractivity contribution in [3.63, 3.8) is 0 Å². The summed E-state index contributed by atoms with van der Waals surface area (Å²) >= 11 is 0. The summed E-state index contributed by atoms with van der Waals surface area (Å²) in [6.07, 6.45) is 11.9. The average Bonchev–Trinajstić information content (AvgIpc) is 3.42. The molecule has 3 heterocycles. The molecule has 1 amide bonds. The summed E-state index contributed by atoms with van der Waals surface area (Å²) < 4.78 is 1.64. The Balaban J connectivity index is 1.33. The van der Waals surface area contributed by atoms with Crippen LogP contribution in [0.4, 0.5) is 5.82 Å². The largest absolute Gasteiger partial charge is 0.366 e. The van der Waals surface area contributed by atoms with Crippen LogP contribution in [0.3, 0.4) is 0 Å². The first-order chi connectivity index (χ1) is 13.3. The van der Waals surface area contributed by atoms with E-state index in [1.165, 1.54) is 19.3 Å². The van der Waals surface area contributed by atoms with Gasteiger partial charge in [-0.3, -0.25) is 9.78 Å². The van der Waals surface area contributed by atoms with Crippen LogP contribution < -0.4 is 10.6 Å². The highest BCUT2D eigenvalue weighted by Crippen LogP contribution is 2.44. The van der Waals surface area contributed by atoms with Gasteiger partial charge in [-0.25, -0.2) is 9.50 Å². The molecule has 2 aliphatic carbocycles. The Bertz CT molecular complexity index is 969. The lowest BCUT2D eigenvalue weighted by atomic mass is 9.95. The quantitative estimate of drug-likeness (QED) is 0.729. The fraction of sp³-hybridized carbons (Fsp3) is 0.400. The van der Waals surface area contributed by atoms with E-state index in [0.717, 1.165) is 17.9 Å². The van der Waals surface area contributed by atoms with E-state index in [1.807, 2.05) is 30.6 Å². The molecule has 3 aromatic heterocycles. The molecule has 27 heavy (non-hydrogen) atoms. The Labute approximate surface area is 157 Å². The number of rotatable bonds is 5. The van der Waals surface area contributed by atoms with Gasteiger partial charge in [0.1, 0.15) is 11.4 Å². The van der Waals surface area contributed by atoms with Crippen molar-refractivity contribution in [2.75, 3.05) is 5.32 Å². The maximum atomic E-state index is 12.8. The average molecular weight is 362 g/mol. The molecule has 2 saturated carbocycles. The van der Waals surface area contributed by atoms with Crippen LogP contribution >= 0.6 is 0 Å². The topological polar surface area (TPSA) is 84.2 Å². The number of carbonyl (C=O) groups excluding carboxylic acids is 1. The van der Waals surface area contributed by atoms with Crippen molar-refractivity contribution in [3.8, 4) is 0 Å². The first-order valence-electron chi connectivity index (χ1n) is 9.54. The van der Waals surface area contributed by atoms with Crippen LogP contribution in [0.1, 0.15) is 41.6 Å². The van der Waals surface area contributed by atoms with Gasteiger partial charge in [0.2, 0.25) is 0 Å². The third-order valence-corrected chi connectivity index (χ3v) is 5.86. The zero-order valence-electron chi connectivity index (χ0n) is 15.0. The Hall–Kier alpha value is -2.96. The molecule has 0 spiro atoms. The fourth-order valence-electron chi connectivity index (χ4n) is 4.49. The number of amides is 1. The minimum absolute atomic E-state index is 0.0699. The van der Waals surface area contributed by atoms with E-state index in [9.17, 15) is 4.79 Å². The van der Waals surface area contributed by atoms with Gasteiger partial charge in [0.25, 0.3) is 5.91 Å². The second-order valence-electron chi connectivity index (χ2n) is 7.61. The Morgan fingerprint density at radius 1 is 1.22 bits per heavy atom. The van der Waals surface area contributed by atoms with Crippen molar-refractivity contribution in [2.45, 2.75) is 38.3 Å². The highest BCUT2D eigenvalue weighted by molar-refractivity contribution is 6.00. The number of hydrogen-bond donors (Lipinski definition) is 2. The lowest BCUT2D eigenvalue weighted by Crippen LogP contribution is -2.38. The number of nitrogens with zero attached hydrogens (tertiary/aromatic N) is 4. The maximum absolute atomic E-state index is 12.8. The minimum Gasteiger partial charge on any atom is -0.366 e. The summed E-state index contributed by atoms with van der Waals surface area (Å²) in [5, 5.41) is 10.8. The number of carbonyl (C=O) groups is 1. The molecule has 0 radical (unpaired) electrons. The molecule has 0 aromatic carbocycles. The van der Waals surface area contributed by atoms with Gasteiger partial charge >= 0.3 is 0 Å². The molecule has 2 aliphatic rings. The monoisotopic (exact) mass is 362 g/mol. The Kier molecular flexibility index (Phi) is 3.99. The molecule has 7 heteroatoms. The smallest absolute Gasteiger partial charge is 0.256 e. The maximum Gasteiger partial charge on any atom is 0.256 e. The minimum atomic E-state index is -0.0699. The van der Waals surface area contributed by atoms with E-state index in [2.05, 4.69) is 25.7 Å². The molecule has 3 atom stereocenters. The van der Waals surface area contributed by atoms with Gasteiger partial charge in [-0.05, 0) is 48.8 Å². The molecule has 2 N–H and O–H groups in total. The van der Waals surface area contributed by atoms with Crippen LogP contribution in [0, 0.1) is 11.8 Å². The number of nitrogens with one attached hydrogen (secondary N) is 2. The van der Waals surface area contributed by atoms with Gasteiger partial charge < -0.3 is 10.6 Å². The van der Waals surface area contributed by atoms with E-state index in [4.69, 9.17) is 0 Å². The first-order valence-corrected chi connectivity index (χ1v) is 9.54. The third kappa shape index (κ3) is 3.13. The van der Waals surface area contributed by atoms with E-state index in [0.29, 0.717) is 35.5 Å². The fourth-order valence-corrected chi connectivity index (χ4v) is 4.49. The zero-order chi connectivity index (χ0) is 18.2. The van der Waals surface area contributed by atoms with Crippen LogP contribution in [0.5, 0.6) is 0 Å². The van der Waals surface area contributed by atoms with Crippen LogP contribution in [0.25, 0.3) is 5.65 Å². The van der Waals surface area contributed by atoms with Gasteiger partial charge in [0.05, 0.1) is 6.20 Å². The second-order valence-corrected chi connectivity index (χ2v) is 7.61. The van der Waals surface area contributed by atoms with Crippen LogP contribution in [0.2, 0.25) is 0 Å².